The average molecular weight is 233 g/mol. The van der Waals surface area contributed by atoms with Crippen LogP contribution in [0.25, 0.3) is 0 Å². The van der Waals surface area contributed by atoms with E-state index in [-0.39, 0.29) is 0 Å². The highest BCUT2D eigenvalue weighted by atomic mass is 16.5. The van der Waals surface area contributed by atoms with Crippen molar-refractivity contribution in [2.45, 2.75) is 45.1 Å². The van der Waals surface area contributed by atoms with E-state index in [1.165, 1.54) is 24.8 Å². The molecule has 1 aromatic rings. The number of benzene rings is 1. The first-order valence-electron chi connectivity index (χ1n) is 6.77. The molecule has 1 aliphatic carbocycles. The van der Waals surface area contributed by atoms with Gasteiger partial charge < -0.3 is 10.5 Å². The zero-order chi connectivity index (χ0) is 12.1. The van der Waals surface area contributed by atoms with Crippen LogP contribution in [0.1, 0.15) is 38.2 Å². The number of aryl methyl sites for hydroxylation is 1. The van der Waals surface area contributed by atoms with Gasteiger partial charge >= 0.3 is 0 Å². The quantitative estimate of drug-likeness (QED) is 0.848. The van der Waals surface area contributed by atoms with E-state index in [0.717, 1.165) is 25.2 Å². The molecule has 1 saturated carbocycles. The zero-order valence-corrected chi connectivity index (χ0v) is 10.7. The molecule has 1 aliphatic rings. The van der Waals surface area contributed by atoms with Gasteiger partial charge in [-0.05, 0) is 43.2 Å². The molecule has 1 fully saturated rings. The molecule has 1 aromatic carbocycles. The van der Waals surface area contributed by atoms with E-state index < -0.39 is 0 Å². The predicted molar refractivity (Wildman–Crippen MR) is 71.2 cm³/mol. The minimum atomic E-state index is 0.403. The first-order chi connectivity index (χ1) is 8.31. The Kier molecular flexibility index (Phi) is 4.43. The monoisotopic (exact) mass is 233 g/mol. The lowest BCUT2D eigenvalue weighted by Gasteiger charge is -2.16. The van der Waals surface area contributed by atoms with Crippen LogP contribution in [0.5, 0.6) is 5.75 Å². The van der Waals surface area contributed by atoms with Crippen LogP contribution in [0.4, 0.5) is 0 Å². The van der Waals surface area contributed by atoms with Gasteiger partial charge in [0.2, 0.25) is 0 Å². The Morgan fingerprint density at radius 1 is 1.29 bits per heavy atom. The first kappa shape index (κ1) is 12.4. The summed E-state index contributed by atoms with van der Waals surface area (Å²) < 4.78 is 5.88. The number of hydrogen-bond acceptors (Lipinski definition) is 2. The van der Waals surface area contributed by atoms with Crippen molar-refractivity contribution in [1.82, 2.24) is 0 Å². The predicted octanol–water partition coefficient (Wildman–Crippen LogP) is 3.15. The fraction of sp³-hybridized carbons (Fsp3) is 0.600. The first-order valence-corrected chi connectivity index (χ1v) is 6.77. The Bertz CT molecular complexity index is 351. The summed E-state index contributed by atoms with van der Waals surface area (Å²) in [5.74, 6) is 1.71. The van der Waals surface area contributed by atoms with Crippen LogP contribution in [-0.2, 0) is 6.42 Å². The van der Waals surface area contributed by atoms with Crippen LogP contribution in [0.3, 0.4) is 0 Å². The third kappa shape index (κ3) is 3.22. The van der Waals surface area contributed by atoms with Gasteiger partial charge in [-0.2, -0.15) is 0 Å². The zero-order valence-electron chi connectivity index (χ0n) is 10.7. The van der Waals surface area contributed by atoms with E-state index in [2.05, 4.69) is 25.1 Å². The van der Waals surface area contributed by atoms with Crippen molar-refractivity contribution in [1.29, 1.82) is 0 Å². The van der Waals surface area contributed by atoms with Gasteiger partial charge in [0.1, 0.15) is 5.75 Å². The summed E-state index contributed by atoms with van der Waals surface area (Å²) in [5, 5.41) is 0. The average Bonchev–Trinajstić information content (AvgIpc) is 2.76. The number of hydrogen-bond donors (Lipinski definition) is 1. The SMILES string of the molecule is CCc1ccccc1OCCC1CCCC1N. The van der Waals surface area contributed by atoms with Gasteiger partial charge in [-0.25, -0.2) is 0 Å². The molecule has 94 valence electrons. The minimum Gasteiger partial charge on any atom is -0.493 e. The number of rotatable bonds is 5. The molecule has 0 bridgehead atoms. The molecule has 0 radical (unpaired) electrons. The van der Waals surface area contributed by atoms with Crippen LogP contribution in [-0.4, -0.2) is 12.6 Å². The van der Waals surface area contributed by atoms with Crippen molar-refractivity contribution < 1.29 is 4.74 Å². The van der Waals surface area contributed by atoms with Crippen molar-refractivity contribution in [2.24, 2.45) is 11.7 Å². The fourth-order valence-electron chi connectivity index (χ4n) is 2.68. The maximum absolute atomic E-state index is 6.06. The second-order valence-electron chi connectivity index (χ2n) is 4.95. The second kappa shape index (κ2) is 6.06. The van der Waals surface area contributed by atoms with Crippen molar-refractivity contribution in [3.05, 3.63) is 29.8 Å². The summed E-state index contributed by atoms with van der Waals surface area (Å²) in [4.78, 5) is 0. The highest BCUT2D eigenvalue weighted by molar-refractivity contribution is 5.33. The largest absolute Gasteiger partial charge is 0.493 e. The molecule has 17 heavy (non-hydrogen) atoms. The Balaban J connectivity index is 1.81. The Morgan fingerprint density at radius 2 is 2.12 bits per heavy atom. The van der Waals surface area contributed by atoms with E-state index >= 15 is 0 Å². The Hall–Kier alpha value is -1.02. The molecular weight excluding hydrogens is 210 g/mol. The summed E-state index contributed by atoms with van der Waals surface area (Å²) >= 11 is 0. The van der Waals surface area contributed by atoms with E-state index in [1.807, 2.05) is 6.07 Å². The third-order valence-electron chi connectivity index (χ3n) is 3.82. The molecular formula is C15H23NO. The molecule has 0 heterocycles. The van der Waals surface area contributed by atoms with Gasteiger partial charge in [-0.3, -0.25) is 0 Å². The Labute approximate surface area is 104 Å². The summed E-state index contributed by atoms with van der Waals surface area (Å²) in [5.41, 5.74) is 7.35. The summed E-state index contributed by atoms with van der Waals surface area (Å²) in [6.45, 7) is 2.96. The summed E-state index contributed by atoms with van der Waals surface area (Å²) in [6.07, 6.45) is 5.88. The summed E-state index contributed by atoms with van der Waals surface area (Å²) in [7, 11) is 0. The smallest absolute Gasteiger partial charge is 0.122 e. The van der Waals surface area contributed by atoms with E-state index in [1.54, 1.807) is 0 Å². The highest BCUT2D eigenvalue weighted by Crippen LogP contribution is 2.27. The van der Waals surface area contributed by atoms with Crippen LogP contribution >= 0.6 is 0 Å². The molecule has 2 rings (SSSR count). The lowest BCUT2D eigenvalue weighted by atomic mass is 10.0. The number of nitrogens with two attached hydrogens (primary N) is 1. The topological polar surface area (TPSA) is 35.2 Å². The molecule has 0 amide bonds. The molecule has 0 spiro atoms. The van der Waals surface area contributed by atoms with Crippen molar-refractivity contribution in [3.8, 4) is 5.75 Å². The van der Waals surface area contributed by atoms with Gasteiger partial charge in [0.05, 0.1) is 6.61 Å². The minimum absolute atomic E-state index is 0.403. The maximum Gasteiger partial charge on any atom is 0.122 e. The van der Waals surface area contributed by atoms with Gasteiger partial charge in [0.25, 0.3) is 0 Å². The molecule has 2 nitrogen and oxygen atoms in total. The highest BCUT2D eigenvalue weighted by Gasteiger charge is 2.23. The van der Waals surface area contributed by atoms with E-state index in [0.29, 0.717) is 12.0 Å². The van der Waals surface area contributed by atoms with Crippen LogP contribution in [0, 0.1) is 5.92 Å². The van der Waals surface area contributed by atoms with E-state index in [9.17, 15) is 0 Å². The third-order valence-corrected chi connectivity index (χ3v) is 3.82. The van der Waals surface area contributed by atoms with Gasteiger partial charge in [0, 0.05) is 6.04 Å². The van der Waals surface area contributed by atoms with Gasteiger partial charge in [-0.15, -0.1) is 0 Å². The van der Waals surface area contributed by atoms with Gasteiger partial charge in [-0.1, -0.05) is 31.5 Å². The van der Waals surface area contributed by atoms with E-state index in [4.69, 9.17) is 10.5 Å². The molecule has 2 atom stereocenters. The van der Waals surface area contributed by atoms with Crippen molar-refractivity contribution in [3.63, 3.8) is 0 Å². The number of ether oxygens (including phenoxy) is 1. The molecule has 2 N–H and O–H groups in total. The standard InChI is InChI=1S/C15H23NO/c1-2-12-6-3-4-9-15(12)17-11-10-13-7-5-8-14(13)16/h3-4,6,9,13-14H,2,5,7-8,10-11,16H2,1H3. The molecule has 0 aromatic heterocycles. The van der Waals surface area contributed by atoms with Crippen molar-refractivity contribution >= 4 is 0 Å². The lowest BCUT2D eigenvalue weighted by Crippen LogP contribution is -2.25. The van der Waals surface area contributed by atoms with Crippen LogP contribution in [0.2, 0.25) is 0 Å². The van der Waals surface area contributed by atoms with Crippen LogP contribution in [0.15, 0.2) is 24.3 Å². The molecule has 0 saturated heterocycles. The molecule has 2 unspecified atom stereocenters. The molecule has 0 aliphatic heterocycles. The lowest BCUT2D eigenvalue weighted by molar-refractivity contribution is 0.269. The summed E-state index contributed by atoms with van der Waals surface area (Å²) in [6, 6.07) is 8.71. The maximum atomic E-state index is 6.06. The molecule has 2 heteroatoms. The second-order valence-corrected chi connectivity index (χ2v) is 4.95. The fourth-order valence-corrected chi connectivity index (χ4v) is 2.68. The van der Waals surface area contributed by atoms with Gasteiger partial charge in [0.15, 0.2) is 0 Å². The van der Waals surface area contributed by atoms with Crippen LogP contribution < -0.4 is 10.5 Å². The number of para-hydroxylation sites is 1. The normalized spacial score (nSPS) is 23.9. The van der Waals surface area contributed by atoms with Crippen molar-refractivity contribution in [2.75, 3.05) is 6.61 Å². The Morgan fingerprint density at radius 3 is 2.82 bits per heavy atom.